The standard InChI is InChI=1S/C20H19FN5O/c1-2-15-12-23-26-19(22-11-14-6-5-9-25(27)13-14)10-18(24-20(15)26)16-7-3-4-8-17(16)21/h3-10,12-13,22,27H,2,11H2,1H3/q+1. The lowest BCUT2D eigenvalue weighted by Gasteiger charge is -2.11. The zero-order valence-corrected chi connectivity index (χ0v) is 14.8. The number of pyridine rings is 1. The zero-order chi connectivity index (χ0) is 18.8. The van der Waals surface area contributed by atoms with Crippen LogP contribution in [0.3, 0.4) is 0 Å². The Labute approximate surface area is 155 Å². The lowest BCUT2D eigenvalue weighted by Crippen LogP contribution is -2.29. The van der Waals surface area contributed by atoms with Gasteiger partial charge in [-0.1, -0.05) is 19.1 Å². The van der Waals surface area contributed by atoms with Crippen molar-refractivity contribution >= 4 is 11.5 Å². The molecule has 0 saturated heterocycles. The molecule has 27 heavy (non-hydrogen) atoms. The van der Waals surface area contributed by atoms with Crippen molar-refractivity contribution in [3.63, 3.8) is 0 Å². The fourth-order valence-corrected chi connectivity index (χ4v) is 3.00. The van der Waals surface area contributed by atoms with Crippen molar-refractivity contribution in [1.29, 1.82) is 0 Å². The molecule has 0 atom stereocenters. The quantitative estimate of drug-likeness (QED) is 0.421. The predicted octanol–water partition coefficient (Wildman–Crippen LogP) is 3.23. The Morgan fingerprint density at radius 2 is 2.07 bits per heavy atom. The van der Waals surface area contributed by atoms with Gasteiger partial charge in [0.2, 0.25) is 12.4 Å². The van der Waals surface area contributed by atoms with Gasteiger partial charge in [0, 0.05) is 40.1 Å². The fourth-order valence-electron chi connectivity index (χ4n) is 3.00. The van der Waals surface area contributed by atoms with Crippen LogP contribution >= 0.6 is 0 Å². The number of nitrogens with one attached hydrogen (secondary N) is 1. The average Bonchev–Trinajstić information content (AvgIpc) is 3.09. The van der Waals surface area contributed by atoms with Crippen molar-refractivity contribution in [2.45, 2.75) is 19.9 Å². The first-order valence-electron chi connectivity index (χ1n) is 8.71. The van der Waals surface area contributed by atoms with Crippen LogP contribution in [0.1, 0.15) is 18.1 Å². The van der Waals surface area contributed by atoms with Crippen LogP contribution in [0.15, 0.2) is 61.1 Å². The van der Waals surface area contributed by atoms with Gasteiger partial charge in [0.05, 0.1) is 11.9 Å². The summed E-state index contributed by atoms with van der Waals surface area (Å²) >= 11 is 0. The Morgan fingerprint density at radius 3 is 2.85 bits per heavy atom. The van der Waals surface area contributed by atoms with Crippen LogP contribution in [0, 0.1) is 5.82 Å². The SMILES string of the molecule is CCc1cnn2c(NCc3ccc[n+](O)c3)cc(-c3ccccc3F)nc12. The first-order chi connectivity index (χ1) is 13.2. The highest BCUT2D eigenvalue weighted by Crippen LogP contribution is 2.26. The van der Waals surface area contributed by atoms with Gasteiger partial charge >= 0.3 is 0 Å². The third-order valence-corrected chi connectivity index (χ3v) is 4.40. The molecule has 2 N–H and O–H groups in total. The van der Waals surface area contributed by atoms with E-state index in [-0.39, 0.29) is 5.82 Å². The van der Waals surface area contributed by atoms with E-state index in [0.717, 1.165) is 22.3 Å². The van der Waals surface area contributed by atoms with Crippen LogP contribution in [0.5, 0.6) is 0 Å². The Bertz CT molecular complexity index is 1110. The van der Waals surface area contributed by atoms with Gasteiger partial charge in [-0.3, -0.25) is 5.21 Å². The topological polar surface area (TPSA) is 66.3 Å². The van der Waals surface area contributed by atoms with Crippen LogP contribution in [0.4, 0.5) is 10.2 Å². The van der Waals surface area contributed by atoms with E-state index in [9.17, 15) is 9.60 Å². The largest absolute Gasteiger partial charge is 0.366 e. The van der Waals surface area contributed by atoms with Crippen LogP contribution in [-0.2, 0) is 13.0 Å². The number of rotatable bonds is 5. The first kappa shape index (κ1) is 17.0. The Balaban J connectivity index is 1.78. The van der Waals surface area contributed by atoms with Crippen LogP contribution in [0.25, 0.3) is 16.9 Å². The molecule has 3 heterocycles. The summed E-state index contributed by atoms with van der Waals surface area (Å²) in [6, 6.07) is 12.0. The van der Waals surface area contributed by atoms with Gasteiger partial charge in [0.25, 0.3) is 0 Å². The minimum atomic E-state index is -0.317. The molecule has 7 heteroatoms. The van der Waals surface area contributed by atoms with E-state index in [1.165, 1.54) is 6.07 Å². The Kier molecular flexibility index (Phi) is 4.42. The van der Waals surface area contributed by atoms with Crippen LogP contribution in [0.2, 0.25) is 0 Å². The highest BCUT2D eigenvalue weighted by Gasteiger charge is 2.14. The molecule has 0 amide bonds. The molecule has 0 spiro atoms. The van der Waals surface area contributed by atoms with Crippen molar-refractivity contribution in [2.24, 2.45) is 0 Å². The summed E-state index contributed by atoms with van der Waals surface area (Å²) < 4.78 is 17.0. The smallest absolute Gasteiger partial charge is 0.227 e. The van der Waals surface area contributed by atoms with Gasteiger partial charge in [-0.15, -0.1) is 0 Å². The number of nitrogens with zero attached hydrogens (tertiary/aromatic N) is 4. The minimum Gasteiger partial charge on any atom is -0.366 e. The van der Waals surface area contributed by atoms with Gasteiger partial charge in [0.15, 0.2) is 5.65 Å². The number of aromatic nitrogens is 4. The molecule has 3 aromatic heterocycles. The first-order valence-corrected chi connectivity index (χ1v) is 8.71. The van der Waals surface area contributed by atoms with E-state index >= 15 is 0 Å². The summed E-state index contributed by atoms with van der Waals surface area (Å²) in [6.45, 7) is 2.50. The number of hydrogen-bond donors (Lipinski definition) is 2. The second-order valence-corrected chi connectivity index (χ2v) is 6.21. The molecular formula is C20H19FN5O+. The molecule has 0 aliphatic heterocycles. The van der Waals surface area contributed by atoms with Crippen LogP contribution in [-0.4, -0.2) is 19.8 Å². The maximum absolute atomic E-state index is 14.3. The predicted molar refractivity (Wildman–Crippen MR) is 98.9 cm³/mol. The third-order valence-electron chi connectivity index (χ3n) is 4.40. The minimum absolute atomic E-state index is 0.317. The molecule has 0 unspecified atom stereocenters. The molecule has 4 aromatic rings. The van der Waals surface area contributed by atoms with Crippen LogP contribution < -0.4 is 10.0 Å². The summed E-state index contributed by atoms with van der Waals surface area (Å²) in [4.78, 5) is 4.64. The monoisotopic (exact) mass is 364 g/mol. The van der Waals surface area contributed by atoms with Gasteiger partial charge in [-0.25, -0.2) is 9.37 Å². The summed E-state index contributed by atoms with van der Waals surface area (Å²) in [7, 11) is 0. The van der Waals surface area contributed by atoms with E-state index in [0.29, 0.717) is 29.3 Å². The molecule has 1 aromatic carbocycles. The van der Waals surface area contributed by atoms with E-state index < -0.39 is 0 Å². The number of aryl methyl sites for hydroxylation is 1. The third kappa shape index (κ3) is 3.31. The lowest BCUT2D eigenvalue weighted by atomic mass is 10.1. The number of anilines is 1. The van der Waals surface area contributed by atoms with Crippen molar-refractivity contribution < 1.29 is 14.3 Å². The molecule has 0 saturated carbocycles. The lowest BCUT2D eigenvalue weighted by molar-refractivity contribution is -0.905. The van der Waals surface area contributed by atoms with Crippen molar-refractivity contribution in [1.82, 2.24) is 14.6 Å². The summed E-state index contributed by atoms with van der Waals surface area (Å²) in [5, 5.41) is 17.3. The Morgan fingerprint density at radius 1 is 1.22 bits per heavy atom. The molecule has 4 rings (SSSR count). The van der Waals surface area contributed by atoms with Gasteiger partial charge in [-0.2, -0.15) is 9.61 Å². The summed E-state index contributed by atoms with van der Waals surface area (Å²) in [5.41, 5.74) is 3.57. The van der Waals surface area contributed by atoms with Crippen molar-refractivity contribution in [3.05, 3.63) is 78.0 Å². The highest BCUT2D eigenvalue weighted by molar-refractivity contribution is 5.68. The number of hydrogen-bond acceptors (Lipinski definition) is 4. The van der Waals surface area contributed by atoms with Gasteiger partial charge < -0.3 is 5.32 Å². The number of benzene rings is 1. The second-order valence-electron chi connectivity index (χ2n) is 6.21. The normalized spacial score (nSPS) is 11.0. The average molecular weight is 364 g/mol. The van der Waals surface area contributed by atoms with Gasteiger partial charge in [0.1, 0.15) is 11.6 Å². The molecule has 0 fully saturated rings. The fraction of sp³-hybridized carbons (Fsp3) is 0.150. The number of fused-ring (bicyclic) bond motifs is 1. The summed E-state index contributed by atoms with van der Waals surface area (Å²) in [6.07, 6.45) is 5.72. The van der Waals surface area contributed by atoms with E-state index in [2.05, 4.69) is 15.4 Å². The number of halogens is 1. The van der Waals surface area contributed by atoms with E-state index in [1.807, 2.05) is 13.0 Å². The van der Waals surface area contributed by atoms with E-state index in [4.69, 9.17) is 0 Å². The molecule has 136 valence electrons. The maximum Gasteiger partial charge on any atom is 0.227 e. The van der Waals surface area contributed by atoms with Gasteiger partial charge in [-0.05, 0) is 24.6 Å². The highest BCUT2D eigenvalue weighted by atomic mass is 19.1. The molecular weight excluding hydrogens is 345 g/mol. The molecule has 0 bridgehead atoms. The Hall–Kier alpha value is -3.48. The molecule has 0 aliphatic rings. The molecule has 0 radical (unpaired) electrons. The zero-order valence-electron chi connectivity index (χ0n) is 14.8. The molecule has 0 aliphatic carbocycles. The second kappa shape index (κ2) is 7.03. The van der Waals surface area contributed by atoms with Crippen molar-refractivity contribution in [2.75, 3.05) is 5.32 Å². The van der Waals surface area contributed by atoms with Crippen molar-refractivity contribution in [3.8, 4) is 11.3 Å². The summed E-state index contributed by atoms with van der Waals surface area (Å²) in [5.74, 6) is 0.383. The maximum atomic E-state index is 14.3. The van der Waals surface area contributed by atoms with E-state index in [1.54, 1.807) is 53.4 Å². The molecule has 6 nitrogen and oxygen atoms in total.